The van der Waals surface area contributed by atoms with Crippen LogP contribution in [-0.2, 0) is 4.79 Å². The van der Waals surface area contributed by atoms with Crippen LogP contribution in [0.4, 0.5) is 5.69 Å². The van der Waals surface area contributed by atoms with Gasteiger partial charge < -0.3 is 4.42 Å². The summed E-state index contributed by atoms with van der Waals surface area (Å²) >= 11 is 1.37. The number of carbonyl (C=O) groups is 1. The van der Waals surface area contributed by atoms with Crippen LogP contribution in [0.5, 0.6) is 0 Å². The first kappa shape index (κ1) is 17.6. The van der Waals surface area contributed by atoms with E-state index in [4.69, 9.17) is 9.83 Å². The maximum atomic E-state index is 12.8. The number of benzene rings is 2. The highest BCUT2D eigenvalue weighted by atomic mass is 32.2. The lowest BCUT2D eigenvalue weighted by Crippen LogP contribution is -2.39. The fourth-order valence-electron chi connectivity index (χ4n) is 3.41. The van der Waals surface area contributed by atoms with Crippen LogP contribution >= 0.6 is 11.8 Å². The minimum Gasteiger partial charge on any atom is -0.463 e. The van der Waals surface area contributed by atoms with Gasteiger partial charge in [0.15, 0.2) is 10.6 Å². The van der Waals surface area contributed by atoms with Gasteiger partial charge in [0.25, 0.3) is 5.91 Å². The van der Waals surface area contributed by atoms with Crippen LogP contribution in [-0.4, -0.2) is 16.9 Å². The number of rotatable bonds is 1. The van der Waals surface area contributed by atoms with Gasteiger partial charge in [0, 0.05) is 4.90 Å². The lowest BCUT2D eigenvalue weighted by atomic mass is 10.1. The number of amides is 1. The third-order valence-electron chi connectivity index (χ3n) is 5.12. The molecule has 5 rings (SSSR count). The van der Waals surface area contributed by atoms with Crippen LogP contribution in [0.1, 0.15) is 16.7 Å². The van der Waals surface area contributed by atoms with Crippen molar-refractivity contribution in [3.05, 3.63) is 75.1 Å². The Kier molecular flexibility index (Phi) is 3.82. The first-order valence-corrected chi connectivity index (χ1v) is 9.79. The van der Waals surface area contributed by atoms with Crippen molar-refractivity contribution in [3.8, 4) is 0 Å². The van der Waals surface area contributed by atoms with E-state index in [9.17, 15) is 9.59 Å². The second-order valence-electron chi connectivity index (χ2n) is 6.96. The van der Waals surface area contributed by atoms with Gasteiger partial charge in [-0.3, -0.25) is 19.9 Å². The van der Waals surface area contributed by atoms with E-state index in [1.54, 1.807) is 29.2 Å². The predicted octanol–water partition coefficient (Wildman–Crippen LogP) is 4.28. The van der Waals surface area contributed by atoms with Gasteiger partial charge in [0.1, 0.15) is 17.7 Å². The number of thioether (sulfide) groups is 1. The molecule has 2 aromatic carbocycles. The van der Waals surface area contributed by atoms with Gasteiger partial charge in [-0.2, -0.15) is 4.99 Å². The number of para-hydroxylation sites is 1. The minimum atomic E-state index is -0.539. The molecule has 2 aliphatic rings. The van der Waals surface area contributed by atoms with Crippen molar-refractivity contribution in [1.82, 2.24) is 0 Å². The number of nitrogens with one attached hydrogen (secondary N) is 1. The molecule has 2 aliphatic heterocycles. The zero-order valence-electron chi connectivity index (χ0n) is 15.6. The Labute approximate surface area is 170 Å². The fraction of sp³-hybridized carbons (Fsp3) is 0.0909. The molecule has 0 aliphatic carbocycles. The van der Waals surface area contributed by atoms with Gasteiger partial charge in [0.05, 0.1) is 22.2 Å². The van der Waals surface area contributed by atoms with Gasteiger partial charge in [-0.05, 0) is 67.1 Å². The quantitative estimate of drug-likeness (QED) is 0.615. The van der Waals surface area contributed by atoms with Crippen molar-refractivity contribution in [2.24, 2.45) is 4.99 Å². The number of fused-ring (bicyclic) bond motifs is 4. The normalized spacial score (nSPS) is 17.0. The maximum absolute atomic E-state index is 12.8. The van der Waals surface area contributed by atoms with Crippen molar-refractivity contribution in [3.63, 3.8) is 0 Å². The largest absolute Gasteiger partial charge is 0.463 e. The fourth-order valence-corrected chi connectivity index (χ4v) is 4.51. The van der Waals surface area contributed by atoms with E-state index in [1.807, 2.05) is 26.0 Å². The second kappa shape index (κ2) is 6.28. The summed E-state index contributed by atoms with van der Waals surface area (Å²) in [6.07, 6.45) is 2.71. The molecule has 1 aromatic heterocycles. The van der Waals surface area contributed by atoms with Crippen LogP contribution in [0, 0.1) is 19.3 Å². The van der Waals surface area contributed by atoms with Crippen LogP contribution in [0.2, 0.25) is 0 Å². The number of amidine groups is 2. The first-order chi connectivity index (χ1) is 13.9. The molecule has 0 fully saturated rings. The molecule has 3 heterocycles. The molecule has 0 bridgehead atoms. The summed E-state index contributed by atoms with van der Waals surface area (Å²) in [5.74, 6) is -0.537. The van der Waals surface area contributed by atoms with Crippen molar-refractivity contribution in [2.75, 3.05) is 4.90 Å². The van der Waals surface area contributed by atoms with Crippen molar-refractivity contribution in [2.45, 2.75) is 18.7 Å². The molecule has 142 valence electrons. The van der Waals surface area contributed by atoms with Crippen LogP contribution < -0.4 is 10.3 Å². The van der Waals surface area contributed by atoms with Gasteiger partial charge in [-0.15, -0.1) is 0 Å². The molecule has 1 amide bonds. The number of carbonyl (C=O) groups excluding carboxylic acids is 1. The van der Waals surface area contributed by atoms with E-state index < -0.39 is 5.91 Å². The monoisotopic (exact) mass is 401 g/mol. The highest BCUT2D eigenvalue weighted by molar-refractivity contribution is 8.15. The average Bonchev–Trinajstić information content (AvgIpc) is 3.04. The molecule has 0 saturated carbocycles. The van der Waals surface area contributed by atoms with Gasteiger partial charge >= 0.3 is 0 Å². The zero-order chi connectivity index (χ0) is 20.3. The van der Waals surface area contributed by atoms with E-state index >= 15 is 0 Å². The van der Waals surface area contributed by atoms with E-state index in [2.05, 4.69) is 4.99 Å². The topological polar surface area (TPSA) is 86.7 Å². The predicted molar refractivity (Wildman–Crippen MR) is 115 cm³/mol. The minimum absolute atomic E-state index is 0.00191. The highest BCUT2D eigenvalue weighted by Crippen LogP contribution is 2.44. The number of nitrogens with zero attached hydrogens (tertiary/aromatic N) is 2. The smallest absolute Gasteiger partial charge is 0.283 e. The Balaban J connectivity index is 1.64. The van der Waals surface area contributed by atoms with Crippen LogP contribution in [0.25, 0.3) is 17.0 Å². The molecule has 0 atom stereocenters. The molecule has 1 N–H and O–H groups in total. The molecular formula is C22H15N3O3S. The Hall–Kier alpha value is -3.45. The summed E-state index contributed by atoms with van der Waals surface area (Å²) in [6.45, 7) is 4.03. The molecule has 0 radical (unpaired) electrons. The summed E-state index contributed by atoms with van der Waals surface area (Å²) < 4.78 is 5.53. The Morgan fingerprint density at radius 1 is 1.14 bits per heavy atom. The molecule has 29 heavy (non-hydrogen) atoms. The summed E-state index contributed by atoms with van der Waals surface area (Å²) in [5, 5.41) is 9.54. The van der Waals surface area contributed by atoms with Gasteiger partial charge in [-0.25, -0.2) is 0 Å². The van der Waals surface area contributed by atoms with E-state index in [0.29, 0.717) is 16.1 Å². The standard InChI is InChI=1S/C22H15N3O3S/c1-11-7-16-18(8-12(11)2)29-22-24-21(27)15(20(23)25(16)22)9-13-10-28-17-6-4-3-5-14(17)19(13)26/h3-10,23H,1-2H3/b15-9+,23-20?. The van der Waals surface area contributed by atoms with Crippen molar-refractivity contribution < 1.29 is 9.21 Å². The highest BCUT2D eigenvalue weighted by Gasteiger charge is 2.37. The third kappa shape index (κ3) is 2.66. The molecule has 0 unspecified atom stereocenters. The number of aryl methyl sites for hydroxylation is 2. The summed E-state index contributed by atoms with van der Waals surface area (Å²) in [6, 6.07) is 10.9. The SMILES string of the molecule is Cc1cc2c(cc1C)N1C(=N)/C(=C\c3coc4ccccc4c3=O)C(=O)N=C1S2. The Morgan fingerprint density at radius 3 is 2.72 bits per heavy atom. The number of aliphatic imine (C=N–C) groups is 1. The number of anilines is 1. The van der Waals surface area contributed by atoms with E-state index in [-0.39, 0.29) is 22.4 Å². The molecule has 3 aromatic rings. The first-order valence-electron chi connectivity index (χ1n) is 8.97. The summed E-state index contributed by atoms with van der Waals surface area (Å²) in [7, 11) is 0. The lowest BCUT2D eigenvalue weighted by molar-refractivity contribution is -0.113. The Bertz CT molecular complexity index is 1370. The number of hydrogen-bond donors (Lipinski definition) is 1. The summed E-state index contributed by atoms with van der Waals surface area (Å²) in [4.78, 5) is 32.2. The molecular weight excluding hydrogens is 386 g/mol. The molecule has 0 saturated heterocycles. The van der Waals surface area contributed by atoms with Crippen LogP contribution in [0.15, 0.2) is 67.3 Å². The third-order valence-corrected chi connectivity index (χ3v) is 6.12. The zero-order valence-corrected chi connectivity index (χ0v) is 16.5. The lowest BCUT2D eigenvalue weighted by Gasteiger charge is -2.24. The molecule has 6 nitrogen and oxygen atoms in total. The summed E-state index contributed by atoms with van der Waals surface area (Å²) in [5.41, 5.74) is 3.55. The van der Waals surface area contributed by atoms with E-state index in [1.165, 1.54) is 24.1 Å². The van der Waals surface area contributed by atoms with Crippen molar-refractivity contribution >= 4 is 51.4 Å². The average molecular weight is 401 g/mol. The molecule has 7 heteroatoms. The van der Waals surface area contributed by atoms with Gasteiger partial charge in [-0.1, -0.05) is 12.1 Å². The van der Waals surface area contributed by atoms with Gasteiger partial charge in [0.2, 0.25) is 0 Å². The second-order valence-corrected chi connectivity index (χ2v) is 7.97. The molecule has 0 spiro atoms. The maximum Gasteiger partial charge on any atom is 0.283 e. The van der Waals surface area contributed by atoms with Crippen molar-refractivity contribution in [1.29, 1.82) is 5.41 Å². The number of hydrogen-bond acceptors (Lipinski definition) is 5. The van der Waals surface area contributed by atoms with Crippen LogP contribution in [0.3, 0.4) is 0 Å². The Morgan fingerprint density at radius 2 is 1.90 bits per heavy atom. The van der Waals surface area contributed by atoms with E-state index in [0.717, 1.165) is 21.7 Å².